The van der Waals surface area contributed by atoms with Crippen LogP contribution in [0.3, 0.4) is 0 Å². The van der Waals surface area contributed by atoms with E-state index >= 15 is 0 Å². The summed E-state index contributed by atoms with van der Waals surface area (Å²) in [6.45, 7) is 0. The molecule has 1 aromatic rings. The largest absolute Gasteiger partial charge is 0.492 e. The van der Waals surface area contributed by atoms with Gasteiger partial charge in [0.1, 0.15) is 5.82 Å². The molecule has 0 amide bonds. The van der Waals surface area contributed by atoms with E-state index in [1.165, 1.54) is 7.11 Å². The third-order valence-corrected chi connectivity index (χ3v) is 2.34. The van der Waals surface area contributed by atoms with Crippen LogP contribution in [0.5, 0.6) is 5.75 Å². The monoisotopic (exact) mass is 285 g/mol. The fraction of sp³-hybridized carbons (Fsp3) is 0.143. The molecular formula is C7H6F2INO. The van der Waals surface area contributed by atoms with Crippen LogP contribution in [0.1, 0.15) is 0 Å². The van der Waals surface area contributed by atoms with E-state index in [-0.39, 0.29) is 15.0 Å². The van der Waals surface area contributed by atoms with Gasteiger partial charge in [0, 0.05) is 6.07 Å². The van der Waals surface area contributed by atoms with E-state index in [0.29, 0.717) is 0 Å². The third-order valence-electron chi connectivity index (χ3n) is 1.35. The molecule has 12 heavy (non-hydrogen) atoms. The molecule has 0 spiro atoms. The highest BCUT2D eigenvalue weighted by Crippen LogP contribution is 2.30. The number of rotatable bonds is 1. The molecular weight excluding hydrogens is 279 g/mol. The highest BCUT2D eigenvalue weighted by atomic mass is 127. The first-order chi connectivity index (χ1) is 5.57. The highest BCUT2D eigenvalue weighted by molar-refractivity contribution is 14.1. The highest BCUT2D eigenvalue weighted by Gasteiger charge is 2.15. The van der Waals surface area contributed by atoms with Gasteiger partial charge in [0.05, 0.1) is 16.4 Å². The molecule has 1 rings (SSSR count). The van der Waals surface area contributed by atoms with Crippen LogP contribution in [-0.4, -0.2) is 7.11 Å². The molecule has 0 atom stereocenters. The van der Waals surface area contributed by atoms with Crippen LogP contribution in [0, 0.1) is 15.2 Å². The molecule has 0 aromatic heterocycles. The molecule has 0 fully saturated rings. The summed E-state index contributed by atoms with van der Waals surface area (Å²) in [5.41, 5.74) is 5.26. The second-order valence-corrected chi connectivity index (χ2v) is 3.19. The molecule has 66 valence electrons. The lowest BCUT2D eigenvalue weighted by molar-refractivity contribution is 0.384. The van der Waals surface area contributed by atoms with Crippen LogP contribution in [0.4, 0.5) is 14.5 Å². The van der Waals surface area contributed by atoms with Crippen LogP contribution in [0.15, 0.2) is 6.07 Å². The van der Waals surface area contributed by atoms with E-state index in [9.17, 15) is 8.78 Å². The van der Waals surface area contributed by atoms with Crippen molar-refractivity contribution < 1.29 is 13.5 Å². The van der Waals surface area contributed by atoms with Gasteiger partial charge in [0.25, 0.3) is 0 Å². The van der Waals surface area contributed by atoms with Crippen LogP contribution in [0.2, 0.25) is 0 Å². The molecule has 0 saturated heterocycles. The van der Waals surface area contributed by atoms with Gasteiger partial charge in [-0.05, 0) is 22.6 Å². The molecule has 0 aliphatic carbocycles. The standard InChI is InChI=1S/C7H6F2INO/c1-12-7-4(11)2-3(8)6(10)5(7)9/h2H,11H2,1H3. The Kier molecular flexibility index (Phi) is 2.71. The fourth-order valence-corrected chi connectivity index (χ4v) is 1.20. The quantitative estimate of drug-likeness (QED) is 0.487. The van der Waals surface area contributed by atoms with Gasteiger partial charge in [-0.1, -0.05) is 0 Å². The second-order valence-electron chi connectivity index (χ2n) is 2.11. The van der Waals surface area contributed by atoms with Crippen LogP contribution >= 0.6 is 22.6 Å². The van der Waals surface area contributed by atoms with E-state index in [1.54, 1.807) is 22.6 Å². The number of hydrogen-bond donors (Lipinski definition) is 1. The average Bonchev–Trinajstić information content (AvgIpc) is 2.01. The summed E-state index contributed by atoms with van der Waals surface area (Å²) in [6, 6.07) is 1.03. The first kappa shape index (κ1) is 9.50. The minimum atomic E-state index is -0.754. The van der Waals surface area contributed by atoms with Crippen molar-refractivity contribution in [2.75, 3.05) is 12.8 Å². The molecule has 0 saturated carbocycles. The van der Waals surface area contributed by atoms with E-state index in [4.69, 9.17) is 5.73 Å². The van der Waals surface area contributed by atoms with Gasteiger partial charge in [0.2, 0.25) is 0 Å². The fourth-order valence-electron chi connectivity index (χ4n) is 0.804. The van der Waals surface area contributed by atoms with E-state index in [0.717, 1.165) is 6.07 Å². The Labute approximate surface area is 81.8 Å². The van der Waals surface area contributed by atoms with Crippen molar-refractivity contribution in [1.82, 2.24) is 0 Å². The van der Waals surface area contributed by atoms with Crippen molar-refractivity contribution in [2.24, 2.45) is 0 Å². The molecule has 0 unspecified atom stereocenters. The summed E-state index contributed by atoms with van der Waals surface area (Å²) in [6.07, 6.45) is 0. The summed E-state index contributed by atoms with van der Waals surface area (Å²) in [7, 11) is 1.28. The van der Waals surface area contributed by atoms with Crippen molar-refractivity contribution >= 4 is 28.3 Å². The van der Waals surface area contributed by atoms with Gasteiger partial charge in [0.15, 0.2) is 11.6 Å². The zero-order valence-corrected chi connectivity index (χ0v) is 8.35. The Balaban J connectivity index is 3.40. The van der Waals surface area contributed by atoms with Gasteiger partial charge >= 0.3 is 0 Å². The van der Waals surface area contributed by atoms with Gasteiger partial charge in [-0.15, -0.1) is 0 Å². The minimum absolute atomic E-state index is 0.0343. The van der Waals surface area contributed by atoms with E-state index in [1.807, 2.05) is 0 Å². The SMILES string of the molecule is COc1c(N)cc(F)c(I)c1F. The van der Waals surface area contributed by atoms with Crippen molar-refractivity contribution in [3.8, 4) is 5.75 Å². The number of nitrogens with two attached hydrogens (primary N) is 1. The molecule has 0 heterocycles. The number of methoxy groups -OCH3 is 1. The van der Waals surface area contributed by atoms with E-state index < -0.39 is 11.6 Å². The number of benzene rings is 1. The summed E-state index contributed by atoms with van der Waals surface area (Å²) in [5.74, 6) is -1.54. The lowest BCUT2D eigenvalue weighted by Crippen LogP contribution is -2.00. The van der Waals surface area contributed by atoms with Gasteiger partial charge in [-0.25, -0.2) is 8.78 Å². The lowest BCUT2D eigenvalue weighted by Gasteiger charge is -2.07. The molecule has 0 radical (unpaired) electrons. The van der Waals surface area contributed by atoms with Crippen molar-refractivity contribution in [2.45, 2.75) is 0 Å². The second kappa shape index (κ2) is 3.42. The molecule has 0 aliphatic rings. The first-order valence-corrected chi connectivity index (χ1v) is 4.12. The van der Waals surface area contributed by atoms with Gasteiger partial charge < -0.3 is 10.5 Å². The molecule has 2 nitrogen and oxygen atoms in total. The first-order valence-electron chi connectivity index (χ1n) is 3.05. The normalized spacial score (nSPS) is 10.0. The number of halogens is 3. The van der Waals surface area contributed by atoms with Gasteiger partial charge in [-0.3, -0.25) is 0 Å². The van der Waals surface area contributed by atoms with Crippen LogP contribution in [0.25, 0.3) is 0 Å². The maximum Gasteiger partial charge on any atom is 0.183 e. The van der Waals surface area contributed by atoms with Crippen molar-refractivity contribution in [3.63, 3.8) is 0 Å². The third kappa shape index (κ3) is 1.45. The van der Waals surface area contributed by atoms with Crippen LogP contribution < -0.4 is 10.5 Å². The molecule has 2 N–H and O–H groups in total. The Morgan fingerprint density at radius 2 is 2.08 bits per heavy atom. The summed E-state index contributed by atoms with van der Waals surface area (Å²) in [5, 5.41) is 0. The Morgan fingerprint density at radius 3 is 2.58 bits per heavy atom. The van der Waals surface area contributed by atoms with Crippen LogP contribution in [-0.2, 0) is 0 Å². The Hall–Kier alpha value is -0.590. The molecule has 0 bridgehead atoms. The minimum Gasteiger partial charge on any atom is -0.492 e. The van der Waals surface area contributed by atoms with Gasteiger partial charge in [-0.2, -0.15) is 0 Å². The predicted molar refractivity (Wildman–Crippen MR) is 50.0 cm³/mol. The lowest BCUT2D eigenvalue weighted by atomic mass is 10.3. The van der Waals surface area contributed by atoms with E-state index in [2.05, 4.69) is 4.74 Å². The Morgan fingerprint density at radius 1 is 1.50 bits per heavy atom. The number of nitrogen functional groups attached to an aromatic ring is 1. The smallest absolute Gasteiger partial charge is 0.183 e. The van der Waals surface area contributed by atoms with Crippen molar-refractivity contribution in [1.29, 1.82) is 0 Å². The van der Waals surface area contributed by atoms with Crippen molar-refractivity contribution in [3.05, 3.63) is 21.3 Å². The Bertz CT molecular complexity index is 317. The average molecular weight is 285 g/mol. The zero-order valence-electron chi connectivity index (χ0n) is 6.20. The zero-order chi connectivity index (χ0) is 9.30. The predicted octanol–water partition coefficient (Wildman–Crippen LogP) is 2.16. The summed E-state index contributed by atoms with van der Waals surface area (Å²) >= 11 is 1.55. The number of hydrogen-bond acceptors (Lipinski definition) is 2. The maximum absolute atomic E-state index is 13.1. The maximum atomic E-state index is 13.1. The summed E-state index contributed by atoms with van der Waals surface area (Å²) in [4.78, 5) is 0. The topological polar surface area (TPSA) is 35.2 Å². The summed E-state index contributed by atoms with van der Waals surface area (Å²) < 4.78 is 30.4. The molecule has 5 heteroatoms. The molecule has 1 aromatic carbocycles. The number of ether oxygens (including phenoxy) is 1. The molecule has 0 aliphatic heterocycles. The number of anilines is 1.